The van der Waals surface area contributed by atoms with Crippen molar-refractivity contribution in [1.82, 2.24) is 15.0 Å². The quantitative estimate of drug-likeness (QED) is 0.235. The van der Waals surface area contributed by atoms with Gasteiger partial charge in [-0.1, -0.05) is 28.4 Å². The minimum Gasteiger partial charge on any atom is -0.394 e. The van der Waals surface area contributed by atoms with E-state index in [1.807, 2.05) is 0 Å². The lowest BCUT2D eigenvalue weighted by molar-refractivity contribution is -0.180. The van der Waals surface area contributed by atoms with Crippen LogP contribution in [0.25, 0.3) is 11.3 Å². The molecule has 9 nitrogen and oxygen atoms in total. The highest BCUT2D eigenvalue weighted by atomic mass is 35.5. The van der Waals surface area contributed by atoms with Gasteiger partial charge in [-0.3, -0.25) is 0 Å². The van der Waals surface area contributed by atoms with Crippen LogP contribution in [-0.4, -0.2) is 69.1 Å². The minimum atomic E-state index is -4.59. The molecule has 3 unspecified atom stereocenters. The number of aliphatic hydroxyl groups excluding tert-OH is 3. The molecular weight excluding hydrogens is 576 g/mol. The van der Waals surface area contributed by atoms with Gasteiger partial charge in [-0.15, -0.1) is 5.10 Å². The zero-order chi connectivity index (χ0) is 27.4. The van der Waals surface area contributed by atoms with Crippen LogP contribution in [0.1, 0.15) is 6.04 Å². The van der Waals surface area contributed by atoms with Gasteiger partial charge in [0.15, 0.2) is 28.7 Å². The number of sulfone groups is 1. The molecule has 1 fully saturated rings. The number of ether oxygens (including phenoxy) is 1. The third-order valence-corrected chi connectivity index (χ3v) is 8.31. The van der Waals surface area contributed by atoms with Gasteiger partial charge in [0.05, 0.1) is 33.3 Å². The summed E-state index contributed by atoms with van der Waals surface area (Å²) in [6.45, 7) is -0.947. The van der Waals surface area contributed by atoms with Crippen LogP contribution >= 0.6 is 23.2 Å². The summed E-state index contributed by atoms with van der Waals surface area (Å²) >= 11 is 11.7. The van der Waals surface area contributed by atoms with Gasteiger partial charge in [-0.2, -0.15) is 0 Å². The predicted octanol–water partition coefficient (Wildman–Crippen LogP) is 2.40. The van der Waals surface area contributed by atoms with E-state index in [9.17, 15) is 45.7 Å². The van der Waals surface area contributed by atoms with E-state index < -0.39 is 91.5 Å². The lowest BCUT2D eigenvalue weighted by Crippen LogP contribution is -2.58. The van der Waals surface area contributed by atoms with Gasteiger partial charge >= 0.3 is 0 Å². The first-order valence-electron chi connectivity index (χ1n) is 10.1. The molecule has 0 bridgehead atoms. The van der Waals surface area contributed by atoms with Crippen LogP contribution < -0.4 is 0 Å². The summed E-state index contributed by atoms with van der Waals surface area (Å²) < 4.78 is 101. The number of aliphatic hydroxyl groups is 3. The Morgan fingerprint density at radius 1 is 0.946 bits per heavy atom. The molecule has 3 aromatic rings. The number of nitrogens with zero attached hydrogens (tertiary/aromatic N) is 3. The van der Waals surface area contributed by atoms with Crippen molar-refractivity contribution in [3.8, 4) is 11.3 Å². The summed E-state index contributed by atoms with van der Waals surface area (Å²) in [5.74, 6) is -11.3. The van der Waals surface area contributed by atoms with Crippen LogP contribution in [0.2, 0.25) is 10.0 Å². The van der Waals surface area contributed by atoms with Gasteiger partial charge in [0.25, 0.3) is 0 Å². The summed E-state index contributed by atoms with van der Waals surface area (Å²) in [7, 11) is -4.59. The lowest BCUT2D eigenvalue weighted by atomic mass is 9.97. The molecule has 0 aliphatic carbocycles. The molecule has 1 saturated heterocycles. The van der Waals surface area contributed by atoms with Crippen LogP contribution in [-0.2, 0) is 14.6 Å². The monoisotopic (exact) mass is 589 g/mol. The van der Waals surface area contributed by atoms with Gasteiger partial charge in [-0.25, -0.2) is 35.1 Å². The summed E-state index contributed by atoms with van der Waals surface area (Å²) in [5.41, 5.74) is -4.47. The van der Waals surface area contributed by atoms with Crippen molar-refractivity contribution in [3.63, 3.8) is 0 Å². The molecule has 1 aliphatic heterocycles. The van der Waals surface area contributed by atoms with Gasteiger partial charge < -0.3 is 20.1 Å². The maximum atomic E-state index is 14.2. The van der Waals surface area contributed by atoms with E-state index in [0.717, 1.165) is 18.2 Å². The van der Waals surface area contributed by atoms with E-state index >= 15 is 0 Å². The number of benzene rings is 2. The van der Waals surface area contributed by atoms with Crippen molar-refractivity contribution in [2.75, 3.05) is 6.61 Å². The Balaban J connectivity index is 1.78. The van der Waals surface area contributed by atoms with Crippen LogP contribution in [0.5, 0.6) is 0 Å². The largest absolute Gasteiger partial charge is 0.394 e. The fourth-order valence-corrected chi connectivity index (χ4v) is 5.78. The van der Waals surface area contributed by atoms with Crippen LogP contribution in [0.4, 0.5) is 22.0 Å². The van der Waals surface area contributed by atoms with Crippen LogP contribution in [0.3, 0.4) is 0 Å². The highest BCUT2D eigenvalue weighted by molar-refractivity contribution is 7.92. The molecule has 5 atom stereocenters. The molecule has 0 radical (unpaired) electrons. The standard InChI is InChI=1S/C20H14Cl2F5N3O6S/c21-7-2-1-6(3-8(7)22)37(34,35)20-19(33)17(18(32)10(5-31)36-20)30-4-9(28-29-30)11-12(23)14(25)16(27)15(26)13(11)24/h1-4,10,17-20,31-33H,5H2/t10?,17?,18-,19?,20+/m0/s1. The van der Waals surface area contributed by atoms with E-state index in [1.54, 1.807) is 0 Å². The number of hydrogen-bond donors (Lipinski definition) is 3. The first-order chi connectivity index (χ1) is 17.3. The van der Waals surface area contributed by atoms with Crippen LogP contribution in [0, 0.1) is 29.1 Å². The smallest absolute Gasteiger partial charge is 0.207 e. The third-order valence-electron chi connectivity index (χ3n) is 5.66. The second-order valence-electron chi connectivity index (χ2n) is 7.85. The molecular formula is C20H14Cl2F5N3O6S. The minimum absolute atomic E-state index is 0.0236. The topological polar surface area (TPSA) is 135 Å². The number of hydrogen-bond acceptors (Lipinski definition) is 8. The van der Waals surface area contributed by atoms with E-state index in [1.165, 1.54) is 0 Å². The van der Waals surface area contributed by atoms with Gasteiger partial charge in [-0.05, 0) is 18.2 Å². The molecule has 200 valence electrons. The van der Waals surface area contributed by atoms with E-state index in [0.29, 0.717) is 10.9 Å². The van der Waals surface area contributed by atoms with E-state index in [2.05, 4.69) is 10.3 Å². The van der Waals surface area contributed by atoms with Crippen molar-refractivity contribution >= 4 is 33.0 Å². The highest BCUT2D eigenvalue weighted by Gasteiger charge is 2.51. The fraction of sp³-hybridized carbons (Fsp3) is 0.300. The molecule has 17 heteroatoms. The molecule has 0 amide bonds. The van der Waals surface area contributed by atoms with E-state index in [-0.39, 0.29) is 10.0 Å². The summed E-state index contributed by atoms with van der Waals surface area (Å²) in [4.78, 5) is -0.446. The predicted molar refractivity (Wildman–Crippen MR) is 116 cm³/mol. The molecule has 3 N–H and O–H groups in total. The molecule has 2 heterocycles. The van der Waals surface area contributed by atoms with E-state index in [4.69, 9.17) is 27.9 Å². The summed E-state index contributed by atoms with van der Waals surface area (Å²) in [5, 5.41) is 37.8. The zero-order valence-corrected chi connectivity index (χ0v) is 20.2. The molecule has 2 aromatic carbocycles. The zero-order valence-electron chi connectivity index (χ0n) is 17.9. The Labute approximate surface area is 214 Å². The Morgan fingerprint density at radius 3 is 2.11 bits per heavy atom. The molecule has 1 aliphatic rings. The van der Waals surface area contributed by atoms with Gasteiger partial charge in [0.1, 0.15) is 30.0 Å². The highest BCUT2D eigenvalue weighted by Crippen LogP contribution is 2.37. The second kappa shape index (κ2) is 10.1. The third kappa shape index (κ3) is 4.58. The van der Waals surface area contributed by atoms with Crippen molar-refractivity contribution in [2.45, 2.75) is 34.7 Å². The lowest BCUT2D eigenvalue weighted by Gasteiger charge is -2.41. The fourth-order valence-electron chi connectivity index (χ4n) is 3.79. The molecule has 0 spiro atoms. The maximum absolute atomic E-state index is 14.2. The Kier molecular flexibility index (Phi) is 7.51. The van der Waals surface area contributed by atoms with Crippen LogP contribution in [0.15, 0.2) is 29.3 Å². The number of halogens is 7. The van der Waals surface area contributed by atoms with Crippen molar-refractivity contribution < 1.29 is 50.4 Å². The summed E-state index contributed by atoms with van der Waals surface area (Å²) in [6, 6.07) is 1.41. The molecule has 1 aromatic heterocycles. The Hall–Kier alpha value is -2.40. The van der Waals surface area contributed by atoms with Gasteiger partial charge in [0.2, 0.25) is 15.7 Å². The number of aromatic nitrogens is 3. The van der Waals surface area contributed by atoms with Crippen molar-refractivity contribution in [2.24, 2.45) is 0 Å². The molecule has 4 rings (SSSR count). The maximum Gasteiger partial charge on any atom is 0.207 e. The second-order valence-corrected chi connectivity index (χ2v) is 10.7. The van der Waals surface area contributed by atoms with Crippen molar-refractivity contribution in [3.05, 3.63) is 63.5 Å². The van der Waals surface area contributed by atoms with Gasteiger partial charge in [0, 0.05) is 0 Å². The summed E-state index contributed by atoms with van der Waals surface area (Å²) in [6.07, 6.45) is -5.02. The molecule has 0 saturated carbocycles. The SMILES string of the molecule is O=S(=O)(c1ccc(Cl)c(Cl)c1)[C@H]1OC(CO)[C@H](O)C(n2cc(-c3c(F)c(F)c(F)c(F)c3F)nn2)C1O. The average molecular weight is 590 g/mol. The molecule has 37 heavy (non-hydrogen) atoms. The Morgan fingerprint density at radius 2 is 1.54 bits per heavy atom. The normalized spacial score (nSPS) is 24.4. The van der Waals surface area contributed by atoms with Crippen molar-refractivity contribution in [1.29, 1.82) is 0 Å². The Bertz CT molecular complexity index is 1450. The average Bonchev–Trinajstić information content (AvgIpc) is 3.32. The number of rotatable bonds is 5. The first kappa shape index (κ1) is 27.6. The first-order valence-corrected chi connectivity index (χ1v) is 12.4.